The van der Waals surface area contributed by atoms with Gasteiger partial charge in [0, 0.05) is 17.8 Å². The summed E-state index contributed by atoms with van der Waals surface area (Å²) in [6, 6.07) is 10.7. The molecule has 0 amide bonds. The average molecular weight is 255 g/mol. The summed E-state index contributed by atoms with van der Waals surface area (Å²) >= 11 is 0. The number of nitrogens with one attached hydrogen (secondary N) is 1. The summed E-state index contributed by atoms with van der Waals surface area (Å²) < 4.78 is 0. The fourth-order valence-electron chi connectivity index (χ4n) is 2.08. The quantitative estimate of drug-likeness (QED) is 0.882. The van der Waals surface area contributed by atoms with E-state index in [9.17, 15) is 0 Å². The van der Waals surface area contributed by atoms with Gasteiger partial charge in [-0.15, -0.1) is 0 Å². The molecule has 2 rings (SSSR count). The molecule has 0 saturated heterocycles. The second-order valence-electron chi connectivity index (χ2n) is 4.70. The second-order valence-corrected chi connectivity index (χ2v) is 4.70. The molecule has 3 heteroatoms. The number of benzene rings is 1. The Morgan fingerprint density at radius 1 is 1.05 bits per heavy atom. The predicted molar refractivity (Wildman–Crippen MR) is 80.4 cm³/mol. The molecular weight excluding hydrogens is 234 g/mol. The van der Waals surface area contributed by atoms with E-state index >= 15 is 0 Å². The van der Waals surface area contributed by atoms with Gasteiger partial charge >= 0.3 is 0 Å². The lowest BCUT2D eigenvalue weighted by Gasteiger charge is -2.07. The first-order chi connectivity index (χ1) is 9.22. The van der Waals surface area contributed by atoms with Gasteiger partial charge in [0.25, 0.3) is 0 Å². The highest BCUT2D eigenvalue weighted by molar-refractivity contribution is 5.61. The molecule has 0 bridgehead atoms. The molecule has 0 atom stereocenters. The number of hydrogen-bond acceptors (Lipinski definition) is 3. The highest BCUT2D eigenvalue weighted by Crippen LogP contribution is 2.20. The normalized spacial score (nSPS) is 10.5. The molecule has 0 aliphatic carbocycles. The van der Waals surface area contributed by atoms with Crippen LogP contribution in [0.4, 0.5) is 5.95 Å². The largest absolute Gasteiger partial charge is 0.354 e. The minimum Gasteiger partial charge on any atom is -0.354 e. The lowest BCUT2D eigenvalue weighted by atomic mass is 10.1. The molecule has 1 N–H and O–H groups in total. The van der Waals surface area contributed by atoms with Gasteiger partial charge in [0.1, 0.15) is 0 Å². The Balaban J connectivity index is 2.29. The molecule has 0 unspecified atom stereocenters. The van der Waals surface area contributed by atoms with E-state index < -0.39 is 0 Å². The van der Waals surface area contributed by atoms with Crippen LogP contribution in [0.15, 0.2) is 30.3 Å². The molecule has 19 heavy (non-hydrogen) atoms. The third-order valence-corrected chi connectivity index (χ3v) is 2.98. The number of nitrogens with zero attached hydrogens (tertiary/aromatic N) is 2. The van der Waals surface area contributed by atoms with Gasteiger partial charge in [0.15, 0.2) is 0 Å². The highest BCUT2D eigenvalue weighted by Gasteiger charge is 2.04. The Hall–Kier alpha value is -1.90. The molecule has 0 aliphatic rings. The van der Waals surface area contributed by atoms with Crippen LogP contribution in [0.3, 0.4) is 0 Å². The number of rotatable bonds is 5. The molecule has 1 aromatic heterocycles. The maximum Gasteiger partial charge on any atom is 0.223 e. The van der Waals surface area contributed by atoms with Crippen molar-refractivity contribution in [3.05, 3.63) is 41.6 Å². The van der Waals surface area contributed by atoms with Gasteiger partial charge in [0.05, 0.1) is 5.69 Å². The van der Waals surface area contributed by atoms with E-state index in [1.165, 1.54) is 12.0 Å². The van der Waals surface area contributed by atoms with Crippen LogP contribution in [0.25, 0.3) is 11.3 Å². The van der Waals surface area contributed by atoms with E-state index in [4.69, 9.17) is 0 Å². The Labute approximate surface area is 115 Å². The summed E-state index contributed by atoms with van der Waals surface area (Å²) in [5, 5.41) is 3.17. The maximum atomic E-state index is 4.55. The molecule has 3 nitrogen and oxygen atoms in total. The summed E-state index contributed by atoms with van der Waals surface area (Å²) in [7, 11) is 0. The highest BCUT2D eigenvalue weighted by atomic mass is 15.1. The average Bonchev–Trinajstić information content (AvgIpc) is 2.40. The second kappa shape index (κ2) is 6.32. The standard InChI is InChI=1S/C16H21N3/c1-4-6-13-7-9-14(10-8-13)15-11-12(3)18-16(19-15)17-5-2/h7-11H,4-6H2,1-3H3,(H,17,18,19). The summed E-state index contributed by atoms with van der Waals surface area (Å²) in [6.45, 7) is 7.07. The van der Waals surface area contributed by atoms with E-state index in [1.807, 2.05) is 19.9 Å². The molecular formula is C16H21N3. The lowest BCUT2D eigenvalue weighted by Crippen LogP contribution is -2.03. The number of aromatic nitrogens is 2. The van der Waals surface area contributed by atoms with Gasteiger partial charge in [-0.05, 0) is 31.9 Å². The van der Waals surface area contributed by atoms with Crippen LogP contribution in [0.5, 0.6) is 0 Å². The zero-order chi connectivity index (χ0) is 13.7. The summed E-state index contributed by atoms with van der Waals surface area (Å²) in [5.41, 5.74) is 4.48. The molecule has 0 saturated carbocycles. The Morgan fingerprint density at radius 2 is 1.79 bits per heavy atom. The van der Waals surface area contributed by atoms with Crippen LogP contribution >= 0.6 is 0 Å². The third kappa shape index (κ3) is 3.53. The van der Waals surface area contributed by atoms with Gasteiger partial charge in [-0.25, -0.2) is 9.97 Å². The summed E-state index contributed by atoms with van der Waals surface area (Å²) in [6.07, 6.45) is 2.31. The van der Waals surface area contributed by atoms with Crippen LogP contribution in [0.1, 0.15) is 31.5 Å². The Kier molecular flexibility index (Phi) is 4.50. The van der Waals surface area contributed by atoms with Gasteiger partial charge in [-0.1, -0.05) is 37.6 Å². The summed E-state index contributed by atoms with van der Waals surface area (Å²) in [4.78, 5) is 8.92. The van der Waals surface area contributed by atoms with Crippen molar-refractivity contribution >= 4 is 5.95 Å². The number of hydrogen-bond donors (Lipinski definition) is 1. The topological polar surface area (TPSA) is 37.8 Å². The van der Waals surface area contributed by atoms with Crippen molar-refractivity contribution in [2.24, 2.45) is 0 Å². The Bertz CT molecular complexity index is 532. The van der Waals surface area contributed by atoms with Crippen LogP contribution < -0.4 is 5.32 Å². The van der Waals surface area contributed by atoms with Gasteiger partial charge < -0.3 is 5.32 Å². The van der Waals surface area contributed by atoms with Crippen molar-refractivity contribution < 1.29 is 0 Å². The third-order valence-electron chi connectivity index (χ3n) is 2.98. The van der Waals surface area contributed by atoms with Crippen LogP contribution in [-0.2, 0) is 6.42 Å². The van der Waals surface area contributed by atoms with Crippen LogP contribution in [0, 0.1) is 6.92 Å². The molecule has 0 radical (unpaired) electrons. The fourth-order valence-corrected chi connectivity index (χ4v) is 2.08. The zero-order valence-electron chi connectivity index (χ0n) is 11.9. The van der Waals surface area contributed by atoms with Gasteiger partial charge in [-0.3, -0.25) is 0 Å². The smallest absolute Gasteiger partial charge is 0.223 e. The lowest BCUT2D eigenvalue weighted by molar-refractivity contribution is 0.922. The van der Waals surface area contributed by atoms with Crippen molar-refractivity contribution in [2.75, 3.05) is 11.9 Å². The van der Waals surface area contributed by atoms with E-state index in [0.29, 0.717) is 5.95 Å². The van der Waals surface area contributed by atoms with Crippen molar-refractivity contribution in [3.63, 3.8) is 0 Å². The van der Waals surface area contributed by atoms with E-state index in [1.54, 1.807) is 0 Å². The minimum absolute atomic E-state index is 0.704. The molecule has 0 spiro atoms. The van der Waals surface area contributed by atoms with Crippen molar-refractivity contribution in [1.29, 1.82) is 0 Å². The van der Waals surface area contributed by atoms with E-state index in [0.717, 1.165) is 29.9 Å². The maximum absolute atomic E-state index is 4.55. The molecule has 0 aliphatic heterocycles. The van der Waals surface area contributed by atoms with Gasteiger partial charge in [-0.2, -0.15) is 0 Å². The molecule has 2 aromatic rings. The molecule has 100 valence electrons. The first-order valence-corrected chi connectivity index (χ1v) is 6.91. The van der Waals surface area contributed by atoms with Crippen LogP contribution in [0.2, 0.25) is 0 Å². The Morgan fingerprint density at radius 3 is 2.42 bits per heavy atom. The number of aryl methyl sites for hydroxylation is 2. The summed E-state index contributed by atoms with van der Waals surface area (Å²) in [5.74, 6) is 0.704. The van der Waals surface area contributed by atoms with Gasteiger partial charge in [0.2, 0.25) is 5.95 Å². The molecule has 1 heterocycles. The number of anilines is 1. The molecule has 0 fully saturated rings. The zero-order valence-corrected chi connectivity index (χ0v) is 11.9. The SMILES string of the molecule is CCCc1ccc(-c2cc(C)nc(NCC)n2)cc1. The van der Waals surface area contributed by atoms with Crippen molar-refractivity contribution in [1.82, 2.24) is 9.97 Å². The van der Waals surface area contributed by atoms with E-state index in [2.05, 4.69) is 46.5 Å². The van der Waals surface area contributed by atoms with Crippen molar-refractivity contribution in [2.45, 2.75) is 33.6 Å². The minimum atomic E-state index is 0.704. The first kappa shape index (κ1) is 13.5. The fraction of sp³-hybridized carbons (Fsp3) is 0.375. The van der Waals surface area contributed by atoms with Crippen LogP contribution in [-0.4, -0.2) is 16.5 Å². The first-order valence-electron chi connectivity index (χ1n) is 6.91. The predicted octanol–water partition coefficient (Wildman–Crippen LogP) is 3.84. The van der Waals surface area contributed by atoms with E-state index in [-0.39, 0.29) is 0 Å². The van der Waals surface area contributed by atoms with Crippen molar-refractivity contribution in [3.8, 4) is 11.3 Å². The monoisotopic (exact) mass is 255 g/mol. The molecule has 1 aromatic carbocycles.